The quantitative estimate of drug-likeness (QED) is 0.455. The summed E-state index contributed by atoms with van der Waals surface area (Å²) in [6.07, 6.45) is 9.68. The van der Waals surface area contributed by atoms with E-state index in [0.717, 1.165) is 30.5 Å². The Morgan fingerprint density at radius 2 is 1.97 bits per heavy atom. The van der Waals surface area contributed by atoms with Gasteiger partial charge in [-0.05, 0) is 80.6 Å². The van der Waals surface area contributed by atoms with Gasteiger partial charge < -0.3 is 15.5 Å². The predicted molar refractivity (Wildman–Crippen MR) is 137 cm³/mol. The zero-order valence-electron chi connectivity index (χ0n) is 20.1. The lowest BCUT2D eigenvalue weighted by Crippen LogP contribution is -2.40. The molecule has 34 heavy (non-hydrogen) atoms. The second-order valence-corrected chi connectivity index (χ2v) is 10.2. The van der Waals surface area contributed by atoms with E-state index in [2.05, 4.69) is 11.8 Å². The van der Waals surface area contributed by atoms with Crippen molar-refractivity contribution in [1.29, 1.82) is 0 Å². The van der Waals surface area contributed by atoms with Crippen LogP contribution in [0, 0.1) is 0 Å². The molecule has 1 fully saturated rings. The highest BCUT2D eigenvalue weighted by Crippen LogP contribution is 2.38. The monoisotopic (exact) mass is 481 g/mol. The second kappa shape index (κ2) is 11.4. The molecule has 182 valence electrons. The molecule has 0 spiro atoms. The Morgan fingerprint density at radius 3 is 2.74 bits per heavy atom. The first kappa shape index (κ1) is 24.7. The number of hydrogen-bond acceptors (Lipinski definition) is 3. The van der Waals surface area contributed by atoms with Gasteiger partial charge >= 0.3 is 0 Å². The summed E-state index contributed by atoms with van der Waals surface area (Å²) in [5, 5.41) is 0.664. The maximum atomic E-state index is 13.4. The standard InChI is InChI=1S/C28H36ClN3O2/c1-2-3-10-23-11-4-5-15-31(23)16-7-12-26-24-14-13-21(27(30)33)18-25(24)28(34)32(26)19-20-8-6-9-22(29)17-20/h6,8-9,13-14,17-18,23,26H,2-5,7,10-12,15-16,19H2,1H3,(H2,30,33). The fourth-order valence-electron chi connectivity index (χ4n) is 5.58. The van der Waals surface area contributed by atoms with Crippen molar-refractivity contribution in [1.82, 2.24) is 9.80 Å². The van der Waals surface area contributed by atoms with Crippen LogP contribution in [0.15, 0.2) is 42.5 Å². The van der Waals surface area contributed by atoms with Crippen molar-refractivity contribution >= 4 is 23.4 Å². The highest BCUT2D eigenvalue weighted by atomic mass is 35.5. The molecule has 4 rings (SSSR count). The molecule has 2 aliphatic rings. The van der Waals surface area contributed by atoms with Gasteiger partial charge in [0.25, 0.3) is 5.91 Å². The van der Waals surface area contributed by atoms with Gasteiger partial charge in [0, 0.05) is 28.7 Å². The average molecular weight is 482 g/mol. The Kier molecular flexibility index (Phi) is 8.28. The van der Waals surface area contributed by atoms with Crippen LogP contribution in [-0.2, 0) is 6.54 Å². The first-order chi connectivity index (χ1) is 16.5. The molecule has 5 nitrogen and oxygen atoms in total. The van der Waals surface area contributed by atoms with Crippen LogP contribution >= 0.6 is 11.6 Å². The molecule has 6 heteroatoms. The summed E-state index contributed by atoms with van der Waals surface area (Å²) in [7, 11) is 0. The summed E-state index contributed by atoms with van der Waals surface area (Å²) in [5.41, 5.74) is 8.47. The number of carbonyl (C=O) groups is 2. The zero-order chi connectivity index (χ0) is 24.1. The Bertz CT molecular complexity index is 1020. The molecule has 0 aromatic heterocycles. The molecule has 0 aliphatic carbocycles. The van der Waals surface area contributed by atoms with E-state index in [1.165, 1.54) is 45.1 Å². The topological polar surface area (TPSA) is 66.6 Å². The Hall–Kier alpha value is -2.37. The van der Waals surface area contributed by atoms with E-state index >= 15 is 0 Å². The van der Waals surface area contributed by atoms with Crippen molar-refractivity contribution in [3.63, 3.8) is 0 Å². The van der Waals surface area contributed by atoms with Crippen molar-refractivity contribution in [3.8, 4) is 0 Å². The summed E-state index contributed by atoms with van der Waals surface area (Å²) < 4.78 is 0. The lowest BCUT2D eigenvalue weighted by Gasteiger charge is -2.36. The molecule has 2 atom stereocenters. The van der Waals surface area contributed by atoms with E-state index in [1.54, 1.807) is 12.1 Å². The summed E-state index contributed by atoms with van der Waals surface area (Å²) >= 11 is 6.21. The van der Waals surface area contributed by atoms with Gasteiger partial charge in [-0.15, -0.1) is 0 Å². The summed E-state index contributed by atoms with van der Waals surface area (Å²) in [4.78, 5) is 29.8. The molecule has 2 unspecified atom stereocenters. The van der Waals surface area contributed by atoms with Crippen LogP contribution in [0.3, 0.4) is 0 Å². The summed E-state index contributed by atoms with van der Waals surface area (Å²) in [6, 6.07) is 13.7. The van der Waals surface area contributed by atoms with Gasteiger partial charge in [0.2, 0.25) is 5.91 Å². The van der Waals surface area contributed by atoms with Crippen LogP contribution in [0.4, 0.5) is 0 Å². The molecule has 0 radical (unpaired) electrons. The van der Waals surface area contributed by atoms with Gasteiger partial charge in [-0.2, -0.15) is 0 Å². The fraction of sp³-hybridized carbons (Fsp3) is 0.500. The normalized spacial score (nSPS) is 20.5. The number of nitrogens with zero attached hydrogens (tertiary/aromatic N) is 2. The molecule has 0 saturated carbocycles. The van der Waals surface area contributed by atoms with Crippen molar-refractivity contribution in [2.24, 2.45) is 5.73 Å². The van der Waals surface area contributed by atoms with Gasteiger partial charge in [-0.1, -0.05) is 56.0 Å². The molecule has 2 amide bonds. The molecule has 1 saturated heterocycles. The first-order valence-electron chi connectivity index (χ1n) is 12.7. The number of benzene rings is 2. The zero-order valence-corrected chi connectivity index (χ0v) is 20.9. The lowest BCUT2D eigenvalue weighted by atomic mass is 9.95. The number of halogens is 1. The number of unbranched alkanes of at least 4 members (excludes halogenated alkanes) is 1. The number of amides is 2. The third-order valence-corrected chi connectivity index (χ3v) is 7.60. The van der Waals surface area contributed by atoms with Crippen LogP contribution in [0.1, 0.15) is 96.2 Å². The Balaban J connectivity index is 1.51. The number of fused-ring (bicyclic) bond motifs is 1. The minimum Gasteiger partial charge on any atom is -0.366 e. The highest BCUT2D eigenvalue weighted by Gasteiger charge is 2.37. The molecular weight excluding hydrogens is 446 g/mol. The Labute approximate surface area is 208 Å². The molecule has 2 heterocycles. The van der Waals surface area contributed by atoms with Crippen LogP contribution < -0.4 is 5.73 Å². The van der Waals surface area contributed by atoms with E-state index in [4.69, 9.17) is 17.3 Å². The fourth-order valence-corrected chi connectivity index (χ4v) is 5.80. The van der Waals surface area contributed by atoms with Crippen molar-refractivity contribution < 1.29 is 9.59 Å². The average Bonchev–Trinajstić information content (AvgIpc) is 3.09. The number of carbonyl (C=O) groups excluding carboxylic acids is 2. The number of hydrogen-bond donors (Lipinski definition) is 1. The largest absolute Gasteiger partial charge is 0.366 e. The van der Waals surface area contributed by atoms with Gasteiger partial charge in [-0.3, -0.25) is 9.59 Å². The molecular formula is C28H36ClN3O2. The van der Waals surface area contributed by atoms with Gasteiger partial charge in [0.1, 0.15) is 0 Å². The van der Waals surface area contributed by atoms with Crippen LogP contribution in [0.25, 0.3) is 0 Å². The van der Waals surface area contributed by atoms with Gasteiger partial charge in [0.15, 0.2) is 0 Å². The number of nitrogens with two attached hydrogens (primary N) is 1. The lowest BCUT2D eigenvalue weighted by molar-refractivity contribution is 0.0690. The van der Waals surface area contributed by atoms with E-state index in [-0.39, 0.29) is 11.9 Å². The summed E-state index contributed by atoms with van der Waals surface area (Å²) in [6.45, 7) is 5.01. The maximum absolute atomic E-state index is 13.4. The molecule has 2 aromatic carbocycles. The first-order valence-corrected chi connectivity index (χ1v) is 13.1. The van der Waals surface area contributed by atoms with Crippen LogP contribution in [-0.4, -0.2) is 40.7 Å². The maximum Gasteiger partial charge on any atom is 0.255 e. The Morgan fingerprint density at radius 1 is 1.12 bits per heavy atom. The predicted octanol–water partition coefficient (Wildman–Crippen LogP) is 5.96. The number of likely N-dealkylation sites (tertiary alicyclic amines) is 1. The number of primary amides is 1. The van der Waals surface area contributed by atoms with E-state index in [1.807, 2.05) is 35.2 Å². The smallest absolute Gasteiger partial charge is 0.255 e. The van der Waals surface area contributed by atoms with Gasteiger partial charge in [-0.25, -0.2) is 0 Å². The van der Waals surface area contributed by atoms with Crippen molar-refractivity contribution in [2.75, 3.05) is 13.1 Å². The third kappa shape index (κ3) is 5.64. The third-order valence-electron chi connectivity index (χ3n) is 7.37. The highest BCUT2D eigenvalue weighted by molar-refractivity contribution is 6.30. The van der Waals surface area contributed by atoms with Crippen molar-refractivity contribution in [2.45, 2.75) is 76.9 Å². The van der Waals surface area contributed by atoms with E-state index < -0.39 is 5.91 Å². The molecule has 2 aromatic rings. The van der Waals surface area contributed by atoms with E-state index in [0.29, 0.717) is 28.7 Å². The minimum atomic E-state index is -0.510. The van der Waals surface area contributed by atoms with E-state index in [9.17, 15) is 9.59 Å². The molecule has 0 bridgehead atoms. The van der Waals surface area contributed by atoms with Crippen LogP contribution in [0.2, 0.25) is 5.02 Å². The number of rotatable bonds is 10. The van der Waals surface area contributed by atoms with Crippen molar-refractivity contribution in [3.05, 3.63) is 69.7 Å². The SMILES string of the molecule is CCCCC1CCCCN1CCCC1c2ccc(C(N)=O)cc2C(=O)N1Cc1cccc(Cl)c1. The van der Waals surface area contributed by atoms with Gasteiger partial charge in [0.05, 0.1) is 6.04 Å². The molecule has 2 N–H and O–H groups in total. The summed E-state index contributed by atoms with van der Waals surface area (Å²) in [5.74, 6) is -0.550. The second-order valence-electron chi connectivity index (χ2n) is 9.72. The minimum absolute atomic E-state index is 0.0118. The number of piperidine rings is 1. The molecule has 2 aliphatic heterocycles. The van der Waals surface area contributed by atoms with Crippen LogP contribution in [0.5, 0.6) is 0 Å².